The molecule has 2 aromatic rings. The van der Waals surface area contributed by atoms with E-state index in [-0.39, 0.29) is 12.1 Å². The summed E-state index contributed by atoms with van der Waals surface area (Å²) in [4.78, 5) is 2.20. The van der Waals surface area contributed by atoms with Gasteiger partial charge in [0.15, 0.2) is 11.5 Å². The molecule has 3 rings (SSSR count). The Hall–Kier alpha value is -2.04. The van der Waals surface area contributed by atoms with Crippen LogP contribution in [-0.4, -0.2) is 31.3 Å². The van der Waals surface area contributed by atoms with Gasteiger partial charge in [-0.3, -0.25) is 4.90 Å². The summed E-state index contributed by atoms with van der Waals surface area (Å²) in [6.45, 7) is 2.15. The Morgan fingerprint density at radius 1 is 0.957 bits per heavy atom. The Bertz CT molecular complexity index is 687. The number of benzene rings is 2. The Morgan fingerprint density at radius 3 is 2.09 bits per heavy atom. The summed E-state index contributed by atoms with van der Waals surface area (Å²) < 4.78 is 10.8. The molecule has 3 atom stereocenters. The van der Waals surface area contributed by atoms with Gasteiger partial charge in [0.2, 0.25) is 0 Å². The Morgan fingerprint density at radius 2 is 1.52 bits per heavy atom. The van der Waals surface area contributed by atoms with Gasteiger partial charge in [-0.05, 0) is 42.8 Å². The van der Waals surface area contributed by atoms with E-state index >= 15 is 0 Å². The molecule has 4 heteroatoms. The van der Waals surface area contributed by atoms with E-state index in [4.69, 9.17) is 9.47 Å². The molecule has 0 radical (unpaired) electrons. The van der Waals surface area contributed by atoms with Gasteiger partial charge in [-0.1, -0.05) is 30.3 Å². The zero-order valence-corrected chi connectivity index (χ0v) is 14.0. The molecule has 0 aromatic heterocycles. The minimum atomic E-state index is -0.617. The average Bonchev–Trinajstić information content (AvgIpc) is 2.59. The Kier molecular flexibility index (Phi) is 4.28. The lowest BCUT2D eigenvalue weighted by Crippen LogP contribution is -2.37. The number of hydrogen-bond donors (Lipinski definition) is 1. The van der Waals surface area contributed by atoms with Crippen molar-refractivity contribution in [3.8, 4) is 11.5 Å². The van der Waals surface area contributed by atoms with Crippen molar-refractivity contribution in [2.75, 3.05) is 21.3 Å². The van der Waals surface area contributed by atoms with Crippen molar-refractivity contribution in [2.24, 2.45) is 0 Å². The van der Waals surface area contributed by atoms with Crippen molar-refractivity contribution in [1.29, 1.82) is 0 Å². The largest absolute Gasteiger partial charge is 0.493 e. The second-order valence-electron chi connectivity index (χ2n) is 5.98. The van der Waals surface area contributed by atoms with Crippen LogP contribution in [0.3, 0.4) is 0 Å². The van der Waals surface area contributed by atoms with Crippen LogP contribution in [0.2, 0.25) is 0 Å². The zero-order valence-electron chi connectivity index (χ0n) is 14.0. The van der Waals surface area contributed by atoms with E-state index in [0.717, 1.165) is 16.7 Å². The van der Waals surface area contributed by atoms with Crippen LogP contribution >= 0.6 is 0 Å². The van der Waals surface area contributed by atoms with E-state index < -0.39 is 6.10 Å². The van der Waals surface area contributed by atoms with Gasteiger partial charge in [0, 0.05) is 6.04 Å². The lowest BCUT2D eigenvalue weighted by Gasteiger charge is -2.43. The molecule has 0 unspecified atom stereocenters. The molecule has 1 N–H and O–H groups in total. The van der Waals surface area contributed by atoms with Crippen molar-refractivity contribution in [1.82, 2.24) is 4.90 Å². The van der Waals surface area contributed by atoms with E-state index in [1.54, 1.807) is 14.2 Å². The molecule has 4 nitrogen and oxygen atoms in total. The average molecular weight is 313 g/mol. The van der Waals surface area contributed by atoms with Crippen LogP contribution in [0.25, 0.3) is 0 Å². The molecule has 0 amide bonds. The smallest absolute Gasteiger partial charge is 0.161 e. The van der Waals surface area contributed by atoms with Crippen LogP contribution in [0, 0.1) is 0 Å². The van der Waals surface area contributed by atoms with Crippen LogP contribution in [0.4, 0.5) is 0 Å². The molecule has 0 bridgehead atoms. The van der Waals surface area contributed by atoms with Crippen molar-refractivity contribution in [2.45, 2.75) is 25.1 Å². The molecule has 0 saturated carbocycles. The van der Waals surface area contributed by atoms with Gasteiger partial charge in [0.1, 0.15) is 0 Å². The fourth-order valence-corrected chi connectivity index (χ4v) is 3.45. The number of aliphatic hydroxyl groups excluding tert-OH is 1. The van der Waals surface area contributed by atoms with E-state index in [9.17, 15) is 5.11 Å². The minimum Gasteiger partial charge on any atom is -0.493 e. The van der Waals surface area contributed by atoms with Crippen LogP contribution in [0.1, 0.15) is 41.8 Å². The van der Waals surface area contributed by atoms with Crippen LogP contribution in [-0.2, 0) is 0 Å². The summed E-state index contributed by atoms with van der Waals surface area (Å²) in [5.41, 5.74) is 3.08. The molecule has 1 aliphatic rings. The van der Waals surface area contributed by atoms with Crippen molar-refractivity contribution < 1.29 is 14.6 Å². The molecule has 1 heterocycles. The van der Waals surface area contributed by atoms with Crippen molar-refractivity contribution in [3.05, 3.63) is 59.2 Å². The number of aliphatic hydroxyl groups is 1. The third kappa shape index (κ3) is 2.58. The Labute approximate surface area is 137 Å². The molecule has 1 aliphatic heterocycles. The standard InChI is InChI=1S/C19H23NO3/c1-12-14-10-16(22-3)17(23-4)11-15(14)19(21)18(20(12)2)13-8-6-5-7-9-13/h5-12,18-19,21H,1-4H3/t12-,18-,19+/m1/s1. The number of ether oxygens (including phenoxy) is 2. The number of methoxy groups -OCH3 is 2. The number of rotatable bonds is 3. The lowest BCUT2D eigenvalue weighted by atomic mass is 9.83. The monoisotopic (exact) mass is 313 g/mol. The molecule has 0 saturated heterocycles. The normalized spacial score (nSPS) is 24.1. The first kappa shape index (κ1) is 15.8. The zero-order chi connectivity index (χ0) is 16.6. The van der Waals surface area contributed by atoms with Gasteiger partial charge in [-0.25, -0.2) is 0 Å². The summed E-state index contributed by atoms with van der Waals surface area (Å²) >= 11 is 0. The summed E-state index contributed by atoms with van der Waals surface area (Å²) in [5, 5.41) is 11.0. The molecule has 0 spiro atoms. The number of fused-ring (bicyclic) bond motifs is 1. The molecule has 23 heavy (non-hydrogen) atoms. The maximum atomic E-state index is 11.0. The third-order valence-electron chi connectivity index (χ3n) is 4.85. The molecular weight excluding hydrogens is 290 g/mol. The minimum absolute atomic E-state index is 0.0863. The first-order chi connectivity index (χ1) is 11.1. The summed E-state index contributed by atoms with van der Waals surface area (Å²) in [6, 6.07) is 14.1. The van der Waals surface area contributed by atoms with Crippen molar-refractivity contribution in [3.63, 3.8) is 0 Å². The number of hydrogen-bond acceptors (Lipinski definition) is 4. The summed E-state index contributed by atoms with van der Waals surface area (Å²) in [6.07, 6.45) is -0.617. The highest BCUT2D eigenvalue weighted by Gasteiger charge is 2.38. The van der Waals surface area contributed by atoms with Gasteiger partial charge in [-0.15, -0.1) is 0 Å². The molecular formula is C19H23NO3. The third-order valence-corrected chi connectivity index (χ3v) is 4.85. The van der Waals surface area contributed by atoms with E-state index in [1.807, 2.05) is 37.4 Å². The van der Waals surface area contributed by atoms with Crippen LogP contribution in [0.5, 0.6) is 11.5 Å². The van der Waals surface area contributed by atoms with Crippen LogP contribution in [0.15, 0.2) is 42.5 Å². The second kappa shape index (κ2) is 6.22. The maximum absolute atomic E-state index is 11.0. The molecule has 2 aromatic carbocycles. The van der Waals surface area contributed by atoms with Gasteiger partial charge in [-0.2, -0.15) is 0 Å². The van der Waals surface area contributed by atoms with Gasteiger partial charge in [0.25, 0.3) is 0 Å². The first-order valence-corrected chi connectivity index (χ1v) is 7.79. The molecule has 0 aliphatic carbocycles. The quantitative estimate of drug-likeness (QED) is 0.942. The highest BCUT2D eigenvalue weighted by molar-refractivity contribution is 5.51. The predicted molar refractivity (Wildman–Crippen MR) is 89.9 cm³/mol. The highest BCUT2D eigenvalue weighted by Crippen LogP contribution is 2.48. The molecule has 0 fully saturated rings. The Balaban J connectivity index is 2.12. The highest BCUT2D eigenvalue weighted by atomic mass is 16.5. The first-order valence-electron chi connectivity index (χ1n) is 7.79. The predicted octanol–water partition coefficient (Wildman–Crippen LogP) is 3.48. The van der Waals surface area contributed by atoms with Gasteiger partial charge in [0.05, 0.1) is 26.4 Å². The topological polar surface area (TPSA) is 41.9 Å². The molecule has 122 valence electrons. The SMILES string of the molecule is COc1cc2c(cc1OC)[C@H](O)[C@@H](c1ccccc1)N(C)[C@@H]2C. The summed E-state index contributed by atoms with van der Waals surface area (Å²) in [7, 11) is 5.29. The fourth-order valence-electron chi connectivity index (χ4n) is 3.45. The van der Waals surface area contributed by atoms with Crippen LogP contribution < -0.4 is 9.47 Å². The number of nitrogens with zero attached hydrogens (tertiary/aromatic N) is 1. The van der Waals surface area contributed by atoms with E-state index in [1.165, 1.54) is 0 Å². The van der Waals surface area contributed by atoms with Crippen molar-refractivity contribution >= 4 is 0 Å². The fraction of sp³-hybridized carbons (Fsp3) is 0.368. The maximum Gasteiger partial charge on any atom is 0.161 e. The second-order valence-corrected chi connectivity index (χ2v) is 5.98. The van der Waals surface area contributed by atoms with E-state index in [2.05, 4.69) is 24.0 Å². The number of likely N-dealkylation sites (N-methyl/N-ethyl adjacent to an activating group) is 1. The van der Waals surface area contributed by atoms with Gasteiger partial charge < -0.3 is 14.6 Å². The summed E-state index contributed by atoms with van der Waals surface area (Å²) in [5.74, 6) is 1.34. The lowest BCUT2D eigenvalue weighted by molar-refractivity contribution is 0.0235. The van der Waals surface area contributed by atoms with Gasteiger partial charge >= 0.3 is 0 Å². The van der Waals surface area contributed by atoms with E-state index in [0.29, 0.717) is 11.5 Å².